The Morgan fingerprint density at radius 1 is 1.16 bits per heavy atom. The second-order valence-electron chi connectivity index (χ2n) is 3.78. The summed E-state index contributed by atoms with van der Waals surface area (Å²) in [5.41, 5.74) is 7.11. The number of thiocarbonyl (C=S) groups is 1. The van der Waals surface area contributed by atoms with Gasteiger partial charge in [-0.3, -0.25) is 0 Å². The van der Waals surface area contributed by atoms with Crippen LogP contribution < -0.4 is 11.1 Å². The molecule has 2 aromatic rings. The standard InChI is InChI=1S/C13H9Br2FN2S/c14-7-4-5-10(8(15)6-7)18-11-3-1-2-9(16)12(11)13(17)19/h1-6,18H,(H2,17,19). The second kappa shape index (κ2) is 5.98. The fraction of sp³-hybridized carbons (Fsp3) is 0. The maximum absolute atomic E-state index is 13.7. The first kappa shape index (κ1) is 14.4. The van der Waals surface area contributed by atoms with Crippen molar-refractivity contribution in [1.29, 1.82) is 0 Å². The first-order chi connectivity index (χ1) is 8.99. The van der Waals surface area contributed by atoms with Gasteiger partial charge < -0.3 is 11.1 Å². The summed E-state index contributed by atoms with van der Waals surface area (Å²) in [4.78, 5) is 0.0221. The van der Waals surface area contributed by atoms with Crippen LogP contribution in [0, 0.1) is 5.82 Å². The number of hydrogen-bond donors (Lipinski definition) is 2. The van der Waals surface area contributed by atoms with Crippen LogP contribution in [0.3, 0.4) is 0 Å². The lowest BCUT2D eigenvalue weighted by Crippen LogP contribution is -2.14. The monoisotopic (exact) mass is 402 g/mol. The average Bonchev–Trinajstić information content (AvgIpc) is 2.32. The molecule has 0 aliphatic heterocycles. The molecular formula is C13H9Br2FN2S. The summed E-state index contributed by atoms with van der Waals surface area (Å²) < 4.78 is 15.5. The number of hydrogen-bond acceptors (Lipinski definition) is 2. The zero-order valence-corrected chi connectivity index (χ0v) is 13.6. The second-order valence-corrected chi connectivity index (χ2v) is 5.99. The minimum atomic E-state index is -0.439. The zero-order valence-electron chi connectivity index (χ0n) is 9.58. The molecule has 0 fully saturated rings. The molecule has 98 valence electrons. The summed E-state index contributed by atoms with van der Waals surface area (Å²) >= 11 is 11.7. The molecule has 0 unspecified atom stereocenters. The van der Waals surface area contributed by atoms with Gasteiger partial charge in [0, 0.05) is 8.95 Å². The van der Waals surface area contributed by atoms with E-state index >= 15 is 0 Å². The molecule has 0 atom stereocenters. The minimum Gasteiger partial charge on any atom is -0.389 e. The summed E-state index contributed by atoms with van der Waals surface area (Å²) in [5.74, 6) is -0.439. The van der Waals surface area contributed by atoms with E-state index in [2.05, 4.69) is 37.2 Å². The van der Waals surface area contributed by atoms with Crippen LogP contribution in [-0.2, 0) is 0 Å². The molecule has 0 saturated carbocycles. The van der Waals surface area contributed by atoms with Crippen molar-refractivity contribution in [2.45, 2.75) is 0 Å². The van der Waals surface area contributed by atoms with E-state index in [4.69, 9.17) is 18.0 Å². The van der Waals surface area contributed by atoms with E-state index in [-0.39, 0.29) is 10.6 Å². The summed E-state index contributed by atoms with van der Waals surface area (Å²) in [6.07, 6.45) is 0. The van der Waals surface area contributed by atoms with E-state index < -0.39 is 5.82 Å². The smallest absolute Gasteiger partial charge is 0.135 e. The Balaban J connectivity index is 2.44. The van der Waals surface area contributed by atoms with Gasteiger partial charge in [-0.1, -0.05) is 34.2 Å². The molecule has 19 heavy (non-hydrogen) atoms. The molecule has 6 heteroatoms. The third kappa shape index (κ3) is 3.32. The van der Waals surface area contributed by atoms with Crippen LogP contribution in [0.1, 0.15) is 5.56 Å². The van der Waals surface area contributed by atoms with Gasteiger partial charge >= 0.3 is 0 Å². The lowest BCUT2D eigenvalue weighted by Gasteiger charge is -2.13. The number of nitrogens with two attached hydrogens (primary N) is 1. The van der Waals surface area contributed by atoms with E-state index in [0.29, 0.717) is 5.69 Å². The van der Waals surface area contributed by atoms with E-state index in [1.54, 1.807) is 12.1 Å². The van der Waals surface area contributed by atoms with Gasteiger partial charge in [-0.25, -0.2) is 4.39 Å². The van der Waals surface area contributed by atoms with Crippen molar-refractivity contribution in [3.63, 3.8) is 0 Å². The number of halogens is 3. The van der Waals surface area contributed by atoms with Crippen molar-refractivity contribution in [3.8, 4) is 0 Å². The van der Waals surface area contributed by atoms with Crippen LogP contribution in [0.4, 0.5) is 15.8 Å². The molecule has 2 rings (SSSR count). The molecule has 2 nitrogen and oxygen atoms in total. The van der Waals surface area contributed by atoms with Gasteiger partial charge in [-0.2, -0.15) is 0 Å². The molecule has 0 heterocycles. The molecule has 0 amide bonds. The minimum absolute atomic E-state index is 0.0221. The topological polar surface area (TPSA) is 38.0 Å². The predicted octanol–water partition coefficient (Wildman–Crippen LogP) is 4.73. The first-order valence-electron chi connectivity index (χ1n) is 5.29. The average molecular weight is 404 g/mol. The van der Waals surface area contributed by atoms with Crippen molar-refractivity contribution in [3.05, 3.63) is 56.7 Å². The summed E-state index contributed by atoms with van der Waals surface area (Å²) in [7, 11) is 0. The zero-order chi connectivity index (χ0) is 14.0. The van der Waals surface area contributed by atoms with Crippen LogP contribution in [0.15, 0.2) is 45.3 Å². The molecule has 0 spiro atoms. The van der Waals surface area contributed by atoms with Gasteiger partial charge in [0.25, 0.3) is 0 Å². The summed E-state index contributed by atoms with van der Waals surface area (Å²) in [6, 6.07) is 10.3. The van der Waals surface area contributed by atoms with Crippen LogP contribution in [0.25, 0.3) is 0 Å². The van der Waals surface area contributed by atoms with Crippen LogP contribution in [0.5, 0.6) is 0 Å². The molecule has 0 aliphatic rings. The Morgan fingerprint density at radius 3 is 2.53 bits per heavy atom. The third-order valence-corrected chi connectivity index (χ3v) is 3.81. The Bertz CT molecular complexity index is 647. The maximum Gasteiger partial charge on any atom is 0.135 e. The van der Waals surface area contributed by atoms with Crippen molar-refractivity contribution in [2.75, 3.05) is 5.32 Å². The van der Waals surface area contributed by atoms with Crippen LogP contribution in [-0.4, -0.2) is 4.99 Å². The lowest BCUT2D eigenvalue weighted by molar-refractivity contribution is 0.626. The van der Waals surface area contributed by atoms with E-state index in [1.165, 1.54) is 6.07 Å². The highest BCUT2D eigenvalue weighted by atomic mass is 79.9. The maximum atomic E-state index is 13.7. The van der Waals surface area contributed by atoms with Gasteiger partial charge in [0.05, 0.1) is 16.9 Å². The van der Waals surface area contributed by atoms with Gasteiger partial charge in [0.15, 0.2) is 0 Å². The predicted molar refractivity (Wildman–Crippen MR) is 87.4 cm³/mol. The quantitative estimate of drug-likeness (QED) is 0.727. The Hall–Kier alpha value is -0.980. The van der Waals surface area contributed by atoms with E-state index in [0.717, 1.165) is 14.6 Å². The van der Waals surface area contributed by atoms with Crippen molar-refractivity contribution in [2.24, 2.45) is 5.73 Å². The van der Waals surface area contributed by atoms with Crippen LogP contribution >= 0.6 is 44.1 Å². The molecular weight excluding hydrogens is 395 g/mol. The largest absolute Gasteiger partial charge is 0.389 e. The molecule has 0 saturated heterocycles. The fourth-order valence-corrected chi connectivity index (χ4v) is 2.97. The number of anilines is 2. The molecule has 0 aliphatic carbocycles. The van der Waals surface area contributed by atoms with Crippen molar-refractivity contribution >= 4 is 60.4 Å². The molecule has 0 aromatic heterocycles. The molecule has 2 aromatic carbocycles. The third-order valence-electron chi connectivity index (χ3n) is 2.46. The lowest BCUT2D eigenvalue weighted by atomic mass is 10.1. The highest BCUT2D eigenvalue weighted by molar-refractivity contribution is 9.11. The Morgan fingerprint density at radius 2 is 1.89 bits per heavy atom. The number of nitrogens with one attached hydrogen (secondary N) is 1. The molecule has 3 N–H and O–H groups in total. The highest BCUT2D eigenvalue weighted by Crippen LogP contribution is 2.30. The van der Waals surface area contributed by atoms with Gasteiger partial charge in [-0.05, 0) is 46.3 Å². The molecule has 0 radical (unpaired) electrons. The highest BCUT2D eigenvalue weighted by Gasteiger charge is 2.12. The Kier molecular flexibility index (Phi) is 4.54. The van der Waals surface area contributed by atoms with Crippen LogP contribution in [0.2, 0.25) is 0 Å². The van der Waals surface area contributed by atoms with E-state index in [1.807, 2.05) is 18.2 Å². The van der Waals surface area contributed by atoms with Gasteiger partial charge in [-0.15, -0.1) is 0 Å². The van der Waals surface area contributed by atoms with E-state index in [9.17, 15) is 4.39 Å². The number of rotatable bonds is 3. The van der Waals surface area contributed by atoms with Gasteiger partial charge in [0.1, 0.15) is 10.8 Å². The fourth-order valence-electron chi connectivity index (χ4n) is 1.61. The normalized spacial score (nSPS) is 10.3. The van der Waals surface area contributed by atoms with Crippen molar-refractivity contribution < 1.29 is 4.39 Å². The Labute approximate surface area is 132 Å². The number of benzene rings is 2. The van der Waals surface area contributed by atoms with Gasteiger partial charge in [0.2, 0.25) is 0 Å². The first-order valence-corrected chi connectivity index (χ1v) is 7.29. The SMILES string of the molecule is NC(=S)c1c(F)cccc1Nc1ccc(Br)cc1Br. The summed E-state index contributed by atoms with van der Waals surface area (Å²) in [5, 5.41) is 3.11. The van der Waals surface area contributed by atoms with Crippen molar-refractivity contribution in [1.82, 2.24) is 0 Å². The molecule has 0 bridgehead atoms. The summed E-state index contributed by atoms with van der Waals surface area (Å²) in [6.45, 7) is 0.